The Kier molecular flexibility index (Phi) is 7.19. The molecule has 0 spiro atoms. The van der Waals surface area contributed by atoms with Gasteiger partial charge in [0.1, 0.15) is 0 Å². The number of ether oxygens (including phenoxy) is 1. The van der Waals surface area contributed by atoms with Crippen LogP contribution in [0.3, 0.4) is 0 Å². The van der Waals surface area contributed by atoms with E-state index in [1.54, 1.807) is 18.2 Å². The molecule has 6 heteroatoms. The first-order valence-electron chi connectivity index (χ1n) is 5.99. The Morgan fingerprint density at radius 1 is 1.53 bits per heavy atom. The quantitative estimate of drug-likeness (QED) is 0.624. The van der Waals surface area contributed by atoms with Crippen molar-refractivity contribution in [1.82, 2.24) is 5.32 Å². The summed E-state index contributed by atoms with van der Waals surface area (Å²) >= 11 is 11.2. The van der Waals surface area contributed by atoms with Crippen LogP contribution in [0.15, 0.2) is 18.2 Å². The maximum atomic E-state index is 8.83. The lowest BCUT2D eigenvalue weighted by molar-refractivity contribution is 0.146. The van der Waals surface area contributed by atoms with Gasteiger partial charge in [-0.3, -0.25) is 0 Å². The van der Waals surface area contributed by atoms with E-state index in [0.717, 1.165) is 19.6 Å². The second-order valence-corrected chi connectivity index (χ2v) is 4.55. The van der Waals surface area contributed by atoms with Crippen LogP contribution in [0, 0.1) is 11.3 Å². The second kappa shape index (κ2) is 8.70. The molecule has 2 N–H and O–H groups in total. The van der Waals surface area contributed by atoms with Crippen molar-refractivity contribution in [1.29, 1.82) is 5.26 Å². The Hall–Kier alpha value is -1.35. The highest BCUT2D eigenvalue weighted by molar-refractivity contribution is 7.80. The average molecular weight is 298 g/mol. The van der Waals surface area contributed by atoms with E-state index in [4.69, 9.17) is 33.8 Å². The summed E-state index contributed by atoms with van der Waals surface area (Å²) in [6.45, 7) is 4.11. The van der Waals surface area contributed by atoms with Crippen molar-refractivity contribution in [2.45, 2.75) is 13.3 Å². The molecule has 0 saturated carbocycles. The van der Waals surface area contributed by atoms with Crippen LogP contribution in [0.4, 0.5) is 5.69 Å². The molecule has 0 atom stereocenters. The largest absolute Gasteiger partial charge is 0.382 e. The van der Waals surface area contributed by atoms with E-state index in [1.165, 1.54) is 0 Å². The first-order chi connectivity index (χ1) is 9.17. The summed E-state index contributed by atoms with van der Waals surface area (Å²) in [7, 11) is 0. The number of hydrogen-bond donors (Lipinski definition) is 2. The summed E-state index contributed by atoms with van der Waals surface area (Å²) in [5.74, 6) is 0. The van der Waals surface area contributed by atoms with Gasteiger partial charge in [0.05, 0.1) is 22.3 Å². The van der Waals surface area contributed by atoms with Gasteiger partial charge in [-0.15, -0.1) is 0 Å². The molecule has 0 unspecified atom stereocenters. The highest BCUT2D eigenvalue weighted by atomic mass is 35.5. The van der Waals surface area contributed by atoms with Crippen molar-refractivity contribution in [3.63, 3.8) is 0 Å². The zero-order chi connectivity index (χ0) is 14.1. The van der Waals surface area contributed by atoms with Crippen LogP contribution in [0.25, 0.3) is 0 Å². The first-order valence-corrected chi connectivity index (χ1v) is 6.78. The normalized spacial score (nSPS) is 9.74. The molecular formula is C13H16ClN3OS. The number of halogens is 1. The van der Waals surface area contributed by atoms with Crippen LogP contribution in [-0.4, -0.2) is 24.9 Å². The number of hydrogen-bond acceptors (Lipinski definition) is 3. The van der Waals surface area contributed by atoms with Gasteiger partial charge in [-0.2, -0.15) is 5.26 Å². The molecule has 0 amide bonds. The summed E-state index contributed by atoms with van der Waals surface area (Å²) in [5, 5.41) is 15.9. The minimum absolute atomic E-state index is 0.480. The van der Waals surface area contributed by atoms with Crippen LogP contribution >= 0.6 is 23.8 Å². The minimum atomic E-state index is 0.480. The van der Waals surface area contributed by atoms with Gasteiger partial charge < -0.3 is 15.4 Å². The lowest BCUT2D eigenvalue weighted by atomic mass is 10.2. The second-order valence-electron chi connectivity index (χ2n) is 3.74. The molecule has 0 radical (unpaired) electrons. The van der Waals surface area contributed by atoms with Gasteiger partial charge in [-0.1, -0.05) is 11.6 Å². The Labute approximate surface area is 123 Å². The fraction of sp³-hybridized carbons (Fsp3) is 0.385. The average Bonchev–Trinajstić information content (AvgIpc) is 2.41. The van der Waals surface area contributed by atoms with Crippen molar-refractivity contribution < 1.29 is 4.74 Å². The number of nitrogens with zero attached hydrogens (tertiary/aromatic N) is 1. The lowest BCUT2D eigenvalue weighted by Gasteiger charge is -2.11. The molecule has 1 aromatic rings. The summed E-state index contributed by atoms with van der Waals surface area (Å²) in [4.78, 5) is 0. The molecule has 1 aromatic carbocycles. The summed E-state index contributed by atoms with van der Waals surface area (Å²) < 4.78 is 5.22. The van der Waals surface area contributed by atoms with E-state index in [2.05, 4.69) is 16.7 Å². The Morgan fingerprint density at radius 3 is 3.00 bits per heavy atom. The van der Waals surface area contributed by atoms with E-state index in [-0.39, 0.29) is 0 Å². The van der Waals surface area contributed by atoms with Gasteiger partial charge >= 0.3 is 0 Å². The number of thiocarbonyl (C=S) groups is 1. The van der Waals surface area contributed by atoms with E-state index < -0.39 is 0 Å². The van der Waals surface area contributed by atoms with Crippen molar-refractivity contribution in [2.24, 2.45) is 0 Å². The van der Waals surface area contributed by atoms with Crippen molar-refractivity contribution in [3.8, 4) is 6.07 Å². The fourth-order valence-corrected chi connectivity index (χ4v) is 1.75. The highest BCUT2D eigenvalue weighted by Crippen LogP contribution is 2.22. The van der Waals surface area contributed by atoms with Gasteiger partial charge in [-0.05, 0) is 43.8 Å². The van der Waals surface area contributed by atoms with Crippen molar-refractivity contribution in [2.75, 3.05) is 25.1 Å². The molecule has 4 nitrogen and oxygen atoms in total. The third kappa shape index (κ3) is 5.88. The van der Waals surface area contributed by atoms with Gasteiger partial charge in [0.25, 0.3) is 0 Å². The number of nitriles is 1. The Morgan fingerprint density at radius 2 is 2.32 bits per heavy atom. The van der Waals surface area contributed by atoms with Crippen LogP contribution in [0.1, 0.15) is 18.9 Å². The van der Waals surface area contributed by atoms with Gasteiger partial charge in [0.15, 0.2) is 5.11 Å². The first kappa shape index (κ1) is 15.7. The molecule has 0 aliphatic heterocycles. The SMILES string of the molecule is CCOCCCNC(=S)Nc1cc(C#N)ccc1Cl. The molecule has 0 aliphatic rings. The molecule has 0 saturated heterocycles. The van der Waals surface area contributed by atoms with E-state index in [9.17, 15) is 0 Å². The van der Waals surface area contributed by atoms with Gasteiger partial charge in [0.2, 0.25) is 0 Å². The summed E-state index contributed by atoms with van der Waals surface area (Å²) in [6, 6.07) is 7.04. The van der Waals surface area contributed by atoms with Crippen LogP contribution in [-0.2, 0) is 4.74 Å². The van der Waals surface area contributed by atoms with Crippen LogP contribution in [0.2, 0.25) is 5.02 Å². The molecular weight excluding hydrogens is 282 g/mol. The number of nitrogens with one attached hydrogen (secondary N) is 2. The van der Waals surface area contributed by atoms with E-state index in [0.29, 0.717) is 28.0 Å². The molecule has 1 rings (SSSR count). The van der Waals surface area contributed by atoms with E-state index in [1.807, 2.05) is 6.92 Å². The zero-order valence-electron chi connectivity index (χ0n) is 10.7. The highest BCUT2D eigenvalue weighted by Gasteiger charge is 2.03. The molecule has 0 aliphatic carbocycles. The molecule has 19 heavy (non-hydrogen) atoms. The molecule has 0 aromatic heterocycles. The van der Waals surface area contributed by atoms with Gasteiger partial charge in [-0.25, -0.2) is 0 Å². The number of rotatable bonds is 6. The summed E-state index contributed by atoms with van der Waals surface area (Å²) in [5.41, 5.74) is 1.16. The maximum absolute atomic E-state index is 8.83. The Bertz CT molecular complexity index is 473. The predicted octanol–water partition coefficient (Wildman–Crippen LogP) is 2.92. The smallest absolute Gasteiger partial charge is 0.170 e. The molecule has 0 fully saturated rings. The van der Waals surface area contributed by atoms with Crippen LogP contribution in [0.5, 0.6) is 0 Å². The van der Waals surface area contributed by atoms with Crippen LogP contribution < -0.4 is 10.6 Å². The molecule has 0 heterocycles. The monoisotopic (exact) mass is 297 g/mol. The number of anilines is 1. The summed E-state index contributed by atoms with van der Waals surface area (Å²) in [6.07, 6.45) is 0.877. The minimum Gasteiger partial charge on any atom is -0.382 e. The number of benzene rings is 1. The van der Waals surface area contributed by atoms with Crippen molar-refractivity contribution in [3.05, 3.63) is 28.8 Å². The molecule has 102 valence electrons. The topological polar surface area (TPSA) is 57.1 Å². The zero-order valence-corrected chi connectivity index (χ0v) is 12.3. The Balaban J connectivity index is 2.42. The third-order valence-corrected chi connectivity index (χ3v) is 2.87. The van der Waals surface area contributed by atoms with Gasteiger partial charge in [0, 0.05) is 19.8 Å². The standard InChI is InChI=1S/C13H16ClN3OS/c1-2-18-7-3-6-16-13(19)17-12-8-10(9-15)4-5-11(12)14/h4-5,8H,2-3,6-7H2,1H3,(H2,16,17,19). The fourth-order valence-electron chi connectivity index (χ4n) is 1.38. The maximum Gasteiger partial charge on any atom is 0.170 e. The lowest BCUT2D eigenvalue weighted by Crippen LogP contribution is -2.29. The molecule has 0 bridgehead atoms. The predicted molar refractivity (Wildman–Crippen MR) is 81.5 cm³/mol. The third-order valence-electron chi connectivity index (χ3n) is 2.30. The van der Waals surface area contributed by atoms with Crippen molar-refractivity contribution >= 4 is 34.6 Å². The van der Waals surface area contributed by atoms with E-state index >= 15 is 0 Å².